The van der Waals surface area contributed by atoms with Crippen molar-refractivity contribution in [3.05, 3.63) is 29.8 Å². The minimum Gasteiger partial charge on any atom is -0.267 e. The standard InChI is InChI=1S/C13H12ClF3N2O2S2/c1-8-3-4-9(5-11(8)23(14,20)21)10-6-12(18-19(10)2)22-7-13(15,16)17/h3-6H,7H2,1-2H3. The first kappa shape index (κ1) is 18.2. The van der Waals surface area contributed by atoms with Gasteiger partial charge in [-0.1, -0.05) is 23.9 Å². The third-order valence-electron chi connectivity index (χ3n) is 2.99. The van der Waals surface area contributed by atoms with E-state index in [4.69, 9.17) is 10.7 Å². The molecule has 0 atom stereocenters. The van der Waals surface area contributed by atoms with Gasteiger partial charge >= 0.3 is 6.18 Å². The summed E-state index contributed by atoms with van der Waals surface area (Å²) in [5.74, 6) is -1.04. The summed E-state index contributed by atoms with van der Waals surface area (Å²) < 4.78 is 61.3. The average Bonchev–Trinajstić information content (AvgIpc) is 2.76. The van der Waals surface area contributed by atoms with Gasteiger partial charge in [-0.05, 0) is 24.6 Å². The van der Waals surface area contributed by atoms with Gasteiger partial charge in [0.2, 0.25) is 0 Å². The van der Waals surface area contributed by atoms with Gasteiger partial charge in [0.15, 0.2) is 0 Å². The normalized spacial score (nSPS) is 12.6. The third kappa shape index (κ3) is 4.65. The van der Waals surface area contributed by atoms with Crippen molar-refractivity contribution in [3.63, 3.8) is 0 Å². The molecule has 1 aromatic heterocycles. The molecule has 0 aliphatic rings. The summed E-state index contributed by atoms with van der Waals surface area (Å²) in [6.45, 7) is 1.60. The molecule has 0 fully saturated rings. The Kier molecular flexibility index (Phi) is 5.03. The molecule has 0 saturated heterocycles. The van der Waals surface area contributed by atoms with Gasteiger partial charge in [0.1, 0.15) is 5.03 Å². The number of hydrogen-bond acceptors (Lipinski definition) is 4. The Morgan fingerprint density at radius 1 is 1.30 bits per heavy atom. The summed E-state index contributed by atoms with van der Waals surface area (Å²) in [6.07, 6.45) is -4.29. The molecule has 1 heterocycles. The van der Waals surface area contributed by atoms with Crippen LogP contribution in [-0.2, 0) is 16.1 Å². The van der Waals surface area contributed by atoms with Crippen LogP contribution >= 0.6 is 22.4 Å². The smallest absolute Gasteiger partial charge is 0.267 e. The highest BCUT2D eigenvalue weighted by atomic mass is 35.7. The van der Waals surface area contributed by atoms with E-state index in [9.17, 15) is 21.6 Å². The van der Waals surface area contributed by atoms with E-state index >= 15 is 0 Å². The zero-order valence-electron chi connectivity index (χ0n) is 12.1. The fraction of sp³-hybridized carbons (Fsp3) is 0.308. The van der Waals surface area contributed by atoms with E-state index in [2.05, 4.69) is 5.10 Å². The predicted octanol–water partition coefficient (Wildman–Crippen LogP) is 3.98. The number of halogens is 4. The maximum absolute atomic E-state index is 12.3. The highest BCUT2D eigenvalue weighted by Gasteiger charge is 2.28. The van der Waals surface area contributed by atoms with E-state index in [0.717, 1.165) is 0 Å². The van der Waals surface area contributed by atoms with E-state index in [-0.39, 0.29) is 9.92 Å². The van der Waals surface area contributed by atoms with Gasteiger partial charge in [0.05, 0.1) is 16.3 Å². The fourth-order valence-corrected chi connectivity index (χ4v) is 3.87. The molecule has 0 saturated carbocycles. The summed E-state index contributed by atoms with van der Waals surface area (Å²) in [6, 6.07) is 6.11. The minimum atomic E-state index is -4.29. The molecule has 0 N–H and O–H groups in total. The Morgan fingerprint density at radius 3 is 2.52 bits per heavy atom. The number of aromatic nitrogens is 2. The zero-order valence-corrected chi connectivity index (χ0v) is 14.4. The summed E-state index contributed by atoms with van der Waals surface area (Å²) in [5.41, 5.74) is 1.48. The molecule has 4 nitrogen and oxygen atoms in total. The SMILES string of the molecule is Cc1ccc(-c2cc(SCC(F)(F)F)nn2C)cc1S(=O)(=O)Cl. The van der Waals surface area contributed by atoms with Crippen LogP contribution in [0.5, 0.6) is 0 Å². The van der Waals surface area contributed by atoms with Crippen LogP contribution < -0.4 is 0 Å². The van der Waals surface area contributed by atoms with Crippen LogP contribution in [0.4, 0.5) is 13.2 Å². The first-order valence-electron chi connectivity index (χ1n) is 6.26. The second kappa shape index (κ2) is 6.37. The van der Waals surface area contributed by atoms with E-state index in [1.165, 1.54) is 16.8 Å². The molecule has 1 aromatic carbocycles. The van der Waals surface area contributed by atoms with Crippen LogP contribution in [0.15, 0.2) is 34.2 Å². The van der Waals surface area contributed by atoms with Gasteiger partial charge in [0, 0.05) is 23.3 Å². The molecule has 0 aliphatic carbocycles. The summed E-state index contributed by atoms with van der Waals surface area (Å²) in [5, 5.41) is 4.21. The molecule has 0 amide bonds. The maximum atomic E-state index is 12.3. The molecule has 2 aromatic rings. The summed E-state index contributed by atoms with van der Waals surface area (Å²) >= 11 is 0.569. The molecular formula is C13H12ClF3N2O2S2. The fourth-order valence-electron chi connectivity index (χ4n) is 1.96. The van der Waals surface area contributed by atoms with Gasteiger partial charge in [-0.15, -0.1) is 0 Å². The molecule has 0 radical (unpaired) electrons. The van der Waals surface area contributed by atoms with E-state index < -0.39 is 21.0 Å². The number of hydrogen-bond donors (Lipinski definition) is 0. The number of alkyl halides is 3. The van der Waals surface area contributed by atoms with Crippen molar-refractivity contribution in [2.75, 3.05) is 5.75 Å². The first-order valence-corrected chi connectivity index (χ1v) is 9.56. The molecule has 0 unspecified atom stereocenters. The van der Waals surface area contributed by atoms with Crippen molar-refractivity contribution >= 4 is 31.5 Å². The van der Waals surface area contributed by atoms with Gasteiger partial charge in [0.25, 0.3) is 9.05 Å². The van der Waals surface area contributed by atoms with Crippen LogP contribution in [0, 0.1) is 6.92 Å². The molecule has 0 bridgehead atoms. The van der Waals surface area contributed by atoms with E-state index in [1.807, 2.05) is 0 Å². The summed E-state index contributed by atoms with van der Waals surface area (Å²) in [4.78, 5) is -0.0395. The van der Waals surface area contributed by atoms with Crippen LogP contribution in [0.25, 0.3) is 11.3 Å². The van der Waals surface area contributed by atoms with Crippen LogP contribution in [0.3, 0.4) is 0 Å². The highest BCUT2D eigenvalue weighted by molar-refractivity contribution is 8.13. The predicted molar refractivity (Wildman–Crippen MR) is 83.2 cm³/mol. The van der Waals surface area contributed by atoms with Crippen molar-refractivity contribution in [2.24, 2.45) is 7.05 Å². The topological polar surface area (TPSA) is 52.0 Å². The third-order valence-corrected chi connectivity index (χ3v) is 5.42. The van der Waals surface area contributed by atoms with Crippen molar-refractivity contribution in [3.8, 4) is 11.3 Å². The van der Waals surface area contributed by atoms with Crippen LogP contribution in [0.1, 0.15) is 5.56 Å². The quantitative estimate of drug-likeness (QED) is 0.591. The second-order valence-corrected chi connectivity index (χ2v) is 8.34. The van der Waals surface area contributed by atoms with Gasteiger partial charge in [-0.2, -0.15) is 18.3 Å². The Hall–Kier alpha value is -1.19. The average molecular weight is 385 g/mol. The zero-order chi connectivity index (χ0) is 17.4. The van der Waals surface area contributed by atoms with Crippen LogP contribution in [-0.4, -0.2) is 30.1 Å². The Balaban J connectivity index is 2.38. The van der Waals surface area contributed by atoms with Gasteiger partial charge in [-0.3, -0.25) is 4.68 Å². The lowest BCUT2D eigenvalue weighted by molar-refractivity contribution is -0.105. The lowest BCUT2D eigenvalue weighted by atomic mass is 10.1. The molecule has 0 spiro atoms. The number of thioether (sulfide) groups is 1. The number of aryl methyl sites for hydroxylation is 2. The number of rotatable bonds is 4. The van der Waals surface area contributed by atoms with Crippen molar-refractivity contribution < 1.29 is 21.6 Å². The number of nitrogens with zero attached hydrogens (tertiary/aromatic N) is 2. The highest BCUT2D eigenvalue weighted by Crippen LogP contribution is 2.31. The Labute approximate surface area is 140 Å². The number of benzene rings is 1. The minimum absolute atomic E-state index is 0.0395. The second-order valence-electron chi connectivity index (χ2n) is 4.81. The molecule has 2 rings (SSSR count). The Bertz CT molecular complexity index is 832. The van der Waals surface area contributed by atoms with Crippen LogP contribution in [0.2, 0.25) is 0 Å². The maximum Gasteiger partial charge on any atom is 0.398 e. The molecule has 0 aliphatic heterocycles. The summed E-state index contributed by atoms with van der Waals surface area (Å²) in [7, 11) is 3.05. The van der Waals surface area contributed by atoms with Crippen molar-refractivity contribution in [1.82, 2.24) is 9.78 Å². The molecule has 23 heavy (non-hydrogen) atoms. The van der Waals surface area contributed by atoms with Gasteiger partial charge in [-0.25, -0.2) is 8.42 Å². The largest absolute Gasteiger partial charge is 0.398 e. The molecule has 126 valence electrons. The van der Waals surface area contributed by atoms with E-state index in [0.29, 0.717) is 28.6 Å². The first-order chi connectivity index (χ1) is 10.5. The van der Waals surface area contributed by atoms with E-state index in [1.54, 1.807) is 26.1 Å². The lowest BCUT2D eigenvalue weighted by Gasteiger charge is -2.06. The van der Waals surface area contributed by atoms with Gasteiger partial charge < -0.3 is 0 Å². The Morgan fingerprint density at radius 2 is 1.96 bits per heavy atom. The molecule has 10 heteroatoms. The lowest BCUT2D eigenvalue weighted by Crippen LogP contribution is -2.10. The molecular weight excluding hydrogens is 373 g/mol. The van der Waals surface area contributed by atoms with Crippen molar-refractivity contribution in [1.29, 1.82) is 0 Å². The van der Waals surface area contributed by atoms with Crippen molar-refractivity contribution in [2.45, 2.75) is 23.0 Å². The monoisotopic (exact) mass is 384 g/mol.